The molecule has 1 fully saturated rings. The van der Waals surface area contributed by atoms with Crippen molar-refractivity contribution < 1.29 is 14.4 Å². The molecule has 2 aromatic rings. The monoisotopic (exact) mass is 298 g/mol. The van der Waals surface area contributed by atoms with Crippen LogP contribution in [-0.2, 0) is 14.4 Å². The minimum atomic E-state index is -0.364. The zero-order valence-electron chi connectivity index (χ0n) is 12.7. The molecule has 0 bridgehead atoms. The molecule has 1 heterocycles. The van der Waals surface area contributed by atoms with Gasteiger partial charge in [0.1, 0.15) is 0 Å². The fourth-order valence-electron chi connectivity index (χ4n) is 2.90. The van der Waals surface area contributed by atoms with E-state index in [1.807, 2.05) is 42.5 Å². The summed E-state index contributed by atoms with van der Waals surface area (Å²) < 4.78 is 0. The second-order valence-electron chi connectivity index (χ2n) is 5.42. The van der Waals surface area contributed by atoms with Crippen LogP contribution in [-0.4, -0.2) is 37.6 Å². The normalized spacial score (nSPS) is 18.0. The molecule has 1 aliphatic rings. The average molecular weight is 298 g/mol. The molecular formula is C17H18N2O3. The standard InChI is InChI=1S/C17H18N2O3/c1-18(22-2)17(21)13-10-16(20)19(11-13)15-9-5-7-12-6-3-4-8-14(12)15/h3-9,13H,10-11H2,1-2H3. The van der Waals surface area contributed by atoms with Crippen molar-refractivity contribution >= 4 is 28.3 Å². The number of nitrogens with zero attached hydrogens (tertiary/aromatic N) is 2. The summed E-state index contributed by atoms with van der Waals surface area (Å²) in [6, 6.07) is 13.8. The first kappa shape index (κ1) is 14.5. The number of rotatable bonds is 3. The predicted octanol–water partition coefficient (Wildman–Crippen LogP) is 2.21. The van der Waals surface area contributed by atoms with Crippen LogP contribution >= 0.6 is 0 Å². The zero-order chi connectivity index (χ0) is 15.7. The minimum Gasteiger partial charge on any atom is -0.311 e. The van der Waals surface area contributed by atoms with Crippen LogP contribution in [0.5, 0.6) is 0 Å². The van der Waals surface area contributed by atoms with Crippen LogP contribution in [0.2, 0.25) is 0 Å². The van der Waals surface area contributed by atoms with Gasteiger partial charge < -0.3 is 4.90 Å². The molecule has 1 aliphatic heterocycles. The molecule has 5 heteroatoms. The second-order valence-corrected chi connectivity index (χ2v) is 5.42. The Kier molecular flexibility index (Phi) is 3.81. The molecule has 22 heavy (non-hydrogen) atoms. The summed E-state index contributed by atoms with van der Waals surface area (Å²) in [5.74, 6) is -0.561. The fraction of sp³-hybridized carbons (Fsp3) is 0.294. The molecule has 3 rings (SSSR count). The number of hydrogen-bond acceptors (Lipinski definition) is 3. The van der Waals surface area contributed by atoms with E-state index < -0.39 is 0 Å². The Morgan fingerprint density at radius 2 is 1.95 bits per heavy atom. The summed E-state index contributed by atoms with van der Waals surface area (Å²) in [4.78, 5) is 31.2. The van der Waals surface area contributed by atoms with E-state index in [-0.39, 0.29) is 24.2 Å². The Balaban J connectivity index is 1.92. The summed E-state index contributed by atoms with van der Waals surface area (Å²) in [6.07, 6.45) is 0.218. The van der Waals surface area contributed by atoms with Crippen molar-refractivity contribution in [1.82, 2.24) is 5.06 Å². The molecule has 5 nitrogen and oxygen atoms in total. The van der Waals surface area contributed by atoms with Crippen molar-refractivity contribution in [3.63, 3.8) is 0 Å². The van der Waals surface area contributed by atoms with Gasteiger partial charge in [0, 0.05) is 25.4 Å². The van der Waals surface area contributed by atoms with Crippen LogP contribution in [0.15, 0.2) is 42.5 Å². The molecule has 114 valence electrons. The molecule has 1 atom stereocenters. The SMILES string of the molecule is CON(C)C(=O)C1CC(=O)N(c2cccc3ccccc23)C1. The lowest BCUT2D eigenvalue weighted by Crippen LogP contribution is -2.34. The Hall–Kier alpha value is -2.40. The van der Waals surface area contributed by atoms with Crippen LogP contribution in [0.1, 0.15) is 6.42 Å². The maximum Gasteiger partial charge on any atom is 0.251 e. The van der Waals surface area contributed by atoms with E-state index in [0.29, 0.717) is 6.54 Å². The van der Waals surface area contributed by atoms with Gasteiger partial charge in [-0.1, -0.05) is 36.4 Å². The highest BCUT2D eigenvalue weighted by Gasteiger charge is 2.37. The summed E-state index contributed by atoms with van der Waals surface area (Å²) >= 11 is 0. The van der Waals surface area contributed by atoms with Crippen LogP contribution in [0, 0.1) is 5.92 Å². The quantitative estimate of drug-likeness (QED) is 0.816. The van der Waals surface area contributed by atoms with Gasteiger partial charge in [0.25, 0.3) is 5.91 Å². The van der Waals surface area contributed by atoms with Gasteiger partial charge in [-0.05, 0) is 11.5 Å². The first-order valence-electron chi connectivity index (χ1n) is 7.21. The molecule has 0 saturated carbocycles. The molecule has 1 saturated heterocycles. The van der Waals surface area contributed by atoms with Crippen LogP contribution < -0.4 is 4.90 Å². The van der Waals surface area contributed by atoms with Crippen molar-refractivity contribution in [1.29, 1.82) is 0 Å². The molecule has 2 amide bonds. The number of hydroxylamine groups is 2. The van der Waals surface area contributed by atoms with E-state index in [1.165, 1.54) is 12.2 Å². The van der Waals surface area contributed by atoms with E-state index >= 15 is 0 Å². The van der Waals surface area contributed by atoms with Gasteiger partial charge in [-0.25, -0.2) is 5.06 Å². The van der Waals surface area contributed by atoms with Gasteiger partial charge in [-0.3, -0.25) is 14.4 Å². The summed E-state index contributed by atoms with van der Waals surface area (Å²) in [5.41, 5.74) is 0.860. The van der Waals surface area contributed by atoms with E-state index in [9.17, 15) is 9.59 Å². The summed E-state index contributed by atoms with van der Waals surface area (Å²) in [5, 5.41) is 3.29. The average Bonchev–Trinajstić information content (AvgIpc) is 2.94. The van der Waals surface area contributed by atoms with Crippen LogP contribution in [0.25, 0.3) is 10.8 Å². The number of anilines is 1. The van der Waals surface area contributed by atoms with Crippen molar-refractivity contribution in [2.75, 3.05) is 25.6 Å². The van der Waals surface area contributed by atoms with Crippen LogP contribution in [0.3, 0.4) is 0 Å². The van der Waals surface area contributed by atoms with E-state index in [4.69, 9.17) is 4.84 Å². The van der Waals surface area contributed by atoms with E-state index in [1.54, 1.807) is 11.9 Å². The Morgan fingerprint density at radius 1 is 1.23 bits per heavy atom. The van der Waals surface area contributed by atoms with Gasteiger partial charge >= 0.3 is 0 Å². The van der Waals surface area contributed by atoms with Crippen molar-refractivity contribution in [3.05, 3.63) is 42.5 Å². The molecule has 0 radical (unpaired) electrons. The Morgan fingerprint density at radius 3 is 2.73 bits per heavy atom. The fourth-order valence-corrected chi connectivity index (χ4v) is 2.90. The molecular weight excluding hydrogens is 280 g/mol. The molecule has 0 spiro atoms. The van der Waals surface area contributed by atoms with Crippen LogP contribution in [0.4, 0.5) is 5.69 Å². The number of carbonyl (C=O) groups excluding carboxylic acids is 2. The highest BCUT2D eigenvalue weighted by molar-refractivity contribution is 6.06. The number of benzene rings is 2. The summed E-state index contributed by atoms with van der Waals surface area (Å²) in [6.45, 7) is 0.388. The third-order valence-corrected chi connectivity index (χ3v) is 4.12. The number of hydrogen-bond donors (Lipinski definition) is 0. The lowest BCUT2D eigenvalue weighted by Gasteiger charge is -2.20. The molecule has 0 aliphatic carbocycles. The zero-order valence-corrected chi connectivity index (χ0v) is 12.7. The molecule has 0 aromatic heterocycles. The lowest BCUT2D eigenvalue weighted by molar-refractivity contribution is -0.172. The minimum absolute atomic E-state index is 0.0285. The van der Waals surface area contributed by atoms with Crippen molar-refractivity contribution in [2.24, 2.45) is 5.92 Å². The van der Waals surface area contributed by atoms with Crippen molar-refractivity contribution in [2.45, 2.75) is 6.42 Å². The third kappa shape index (κ3) is 2.44. The van der Waals surface area contributed by atoms with Gasteiger partial charge in [0.05, 0.1) is 18.7 Å². The van der Waals surface area contributed by atoms with Gasteiger partial charge in [-0.15, -0.1) is 0 Å². The van der Waals surface area contributed by atoms with E-state index in [2.05, 4.69) is 0 Å². The largest absolute Gasteiger partial charge is 0.311 e. The topological polar surface area (TPSA) is 49.9 Å². The predicted molar refractivity (Wildman–Crippen MR) is 84.2 cm³/mol. The second kappa shape index (κ2) is 5.77. The smallest absolute Gasteiger partial charge is 0.251 e. The summed E-state index contributed by atoms with van der Waals surface area (Å²) in [7, 11) is 3.00. The van der Waals surface area contributed by atoms with Gasteiger partial charge in [0.2, 0.25) is 5.91 Å². The molecule has 2 aromatic carbocycles. The molecule has 0 N–H and O–H groups in total. The number of fused-ring (bicyclic) bond motifs is 1. The first-order valence-corrected chi connectivity index (χ1v) is 7.21. The lowest BCUT2D eigenvalue weighted by atomic mass is 10.1. The maximum atomic E-state index is 12.4. The Labute approximate surface area is 129 Å². The maximum absolute atomic E-state index is 12.4. The highest BCUT2D eigenvalue weighted by atomic mass is 16.7. The van der Waals surface area contributed by atoms with E-state index in [0.717, 1.165) is 16.5 Å². The van der Waals surface area contributed by atoms with Gasteiger partial charge in [0.15, 0.2) is 0 Å². The van der Waals surface area contributed by atoms with Crippen molar-refractivity contribution in [3.8, 4) is 0 Å². The Bertz CT molecular complexity index is 723. The van der Waals surface area contributed by atoms with Gasteiger partial charge in [-0.2, -0.15) is 0 Å². The first-order chi connectivity index (χ1) is 10.6. The molecule has 1 unspecified atom stereocenters. The third-order valence-electron chi connectivity index (χ3n) is 4.12. The highest BCUT2D eigenvalue weighted by Crippen LogP contribution is 2.32. The number of amides is 2. The number of carbonyl (C=O) groups is 2.